The SMILES string of the molecule is O=S(=O)(Nc1ncnc(OCCO)c1-c1ccc2c(c1)OCO2)C1CCOC1. The van der Waals surface area contributed by atoms with Gasteiger partial charge in [-0.3, -0.25) is 4.72 Å². The Morgan fingerprint density at radius 3 is 2.89 bits per heavy atom. The second-order valence-electron chi connectivity index (χ2n) is 6.18. The molecular formula is C17H19N3O7S. The summed E-state index contributed by atoms with van der Waals surface area (Å²) in [4.78, 5) is 8.22. The van der Waals surface area contributed by atoms with Crippen LogP contribution in [0.15, 0.2) is 24.5 Å². The van der Waals surface area contributed by atoms with E-state index in [0.717, 1.165) is 0 Å². The molecule has 2 aliphatic heterocycles. The van der Waals surface area contributed by atoms with E-state index in [9.17, 15) is 8.42 Å². The van der Waals surface area contributed by atoms with E-state index in [-0.39, 0.29) is 38.3 Å². The van der Waals surface area contributed by atoms with E-state index in [0.29, 0.717) is 35.7 Å². The summed E-state index contributed by atoms with van der Waals surface area (Å²) in [6, 6.07) is 5.14. The van der Waals surface area contributed by atoms with Crippen LogP contribution in [0.5, 0.6) is 17.4 Å². The van der Waals surface area contributed by atoms with Crippen LogP contribution >= 0.6 is 0 Å². The van der Waals surface area contributed by atoms with Gasteiger partial charge in [0.25, 0.3) is 0 Å². The van der Waals surface area contributed by atoms with Gasteiger partial charge < -0.3 is 24.1 Å². The molecule has 1 fully saturated rings. The van der Waals surface area contributed by atoms with Crippen molar-refractivity contribution >= 4 is 15.8 Å². The highest BCUT2D eigenvalue weighted by molar-refractivity contribution is 7.93. The number of sulfonamides is 1. The summed E-state index contributed by atoms with van der Waals surface area (Å²) in [6.07, 6.45) is 1.61. The Balaban J connectivity index is 1.75. The second kappa shape index (κ2) is 7.78. The number of hydrogen-bond acceptors (Lipinski definition) is 9. The molecule has 2 aromatic rings. The molecule has 0 bridgehead atoms. The zero-order chi connectivity index (χ0) is 19.6. The Hall–Kier alpha value is -2.63. The van der Waals surface area contributed by atoms with Gasteiger partial charge in [0.05, 0.1) is 18.8 Å². The third-order valence-electron chi connectivity index (χ3n) is 4.37. The molecule has 28 heavy (non-hydrogen) atoms. The van der Waals surface area contributed by atoms with Crippen LogP contribution in [0.25, 0.3) is 11.1 Å². The topological polar surface area (TPSA) is 129 Å². The summed E-state index contributed by atoms with van der Waals surface area (Å²) in [5.41, 5.74) is 0.926. The first-order chi connectivity index (χ1) is 13.6. The first-order valence-corrected chi connectivity index (χ1v) is 10.2. The average molecular weight is 409 g/mol. The standard InChI is InChI=1S/C17H19N3O7S/c21-4-6-25-17-15(11-1-2-13-14(7-11)27-10-26-13)16(18-9-19-17)20-28(22,23)12-3-5-24-8-12/h1-2,7,9,12,21H,3-6,8,10H2,(H,18,19,20). The molecule has 1 unspecified atom stereocenters. The second-order valence-corrected chi connectivity index (χ2v) is 8.14. The minimum absolute atomic E-state index is 0.00276. The lowest BCUT2D eigenvalue weighted by Crippen LogP contribution is -2.28. The summed E-state index contributed by atoms with van der Waals surface area (Å²) in [7, 11) is -3.72. The summed E-state index contributed by atoms with van der Waals surface area (Å²) in [5.74, 6) is 1.33. The van der Waals surface area contributed by atoms with Crippen molar-refractivity contribution in [3.8, 4) is 28.5 Å². The van der Waals surface area contributed by atoms with Crippen molar-refractivity contribution in [1.29, 1.82) is 0 Å². The van der Waals surface area contributed by atoms with Crippen molar-refractivity contribution in [2.45, 2.75) is 11.7 Å². The van der Waals surface area contributed by atoms with Crippen molar-refractivity contribution in [2.75, 3.05) is 37.9 Å². The monoisotopic (exact) mass is 409 g/mol. The van der Waals surface area contributed by atoms with Gasteiger partial charge in [0, 0.05) is 6.61 Å². The lowest BCUT2D eigenvalue weighted by Gasteiger charge is -2.17. The average Bonchev–Trinajstić information content (AvgIpc) is 3.37. The number of nitrogens with one attached hydrogen (secondary N) is 1. The van der Waals surface area contributed by atoms with E-state index in [1.165, 1.54) is 6.33 Å². The van der Waals surface area contributed by atoms with Gasteiger partial charge in [-0.1, -0.05) is 6.07 Å². The maximum atomic E-state index is 12.7. The van der Waals surface area contributed by atoms with Gasteiger partial charge in [0.1, 0.15) is 18.2 Å². The molecule has 11 heteroatoms. The first-order valence-electron chi connectivity index (χ1n) is 8.66. The third kappa shape index (κ3) is 3.68. The van der Waals surface area contributed by atoms with Crippen molar-refractivity contribution < 1.29 is 32.5 Å². The van der Waals surface area contributed by atoms with Crippen molar-refractivity contribution in [3.05, 3.63) is 24.5 Å². The van der Waals surface area contributed by atoms with Crippen LogP contribution in [-0.4, -0.2) is 62.0 Å². The maximum Gasteiger partial charge on any atom is 0.239 e. The molecule has 10 nitrogen and oxygen atoms in total. The number of fused-ring (bicyclic) bond motifs is 1. The van der Waals surface area contributed by atoms with Gasteiger partial charge >= 0.3 is 0 Å². The Bertz CT molecular complexity index is 961. The smallest absolute Gasteiger partial charge is 0.239 e. The molecule has 0 radical (unpaired) electrons. The Labute approximate surface area is 161 Å². The number of hydrogen-bond donors (Lipinski definition) is 2. The Morgan fingerprint density at radius 2 is 2.11 bits per heavy atom. The number of nitrogens with zero attached hydrogens (tertiary/aromatic N) is 2. The molecule has 2 aliphatic rings. The Kier molecular flexibility index (Phi) is 5.20. The molecule has 1 atom stereocenters. The lowest BCUT2D eigenvalue weighted by atomic mass is 10.1. The van der Waals surface area contributed by atoms with Crippen molar-refractivity contribution in [1.82, 2.24) is 9.97 Å². The first kappa shape index (κ1) is 18.7. The van der Waals surface area contributed by atoms with E-state index < -0.39 is 15.3 Å². The number of rotatable bonds is 7. The van der Waals surface area contributed by atoms with E-state index in [4.69, 9.17) is 24.1 Å². The van der Waals surface area contributed by atoms with Crippen LogP contribution in [0.1, 0.15) is 6.42 Å². The van der Waals surface area contributed by atoms with Gasteiger partial charge in [-0.25, -0.2) is 18.4 Å². The van der Waals surface area contributed by atoms with Crippen molar-refractivity contribution in [3.63, 3.8) is 0 Å². The number of benzene rings is 1. The zero-order valence-corrected chi connectivity index (χ0v) is 15.6. The number of anilines is 1. The van der Waals surface area contributed by atoms with Crippen LogP contribution in [-0.2, 0) is 14.8 Å². The molecule has 1 aromatic heterocycles. The number of ether oxygens (including phenoxy) is 4. The molecule has 3 heterocycles. The third-order valence-corrected chi connectivity index (χ3v) is 6.10. The quantitative estimate of drug-likeness (QED) is 0.681. The van der Waals surface area contributed by atoms with Crippen LogP contribution < -0.4 is 18.9 Å². The summed E-state index contributed by atoms with van der Waals surface area (Å²) in [5, 5.41) is 8.43. The van der Waals surface area contributed by atoms with Gasteiger partial charge in [0.2, 0.25) is 22.7 Å². The molecular weight excluding hydrogens is 390 g/mol. The highest BCUT2D eigenvalue weighted by Gasteiger charge is 2.31. The van der Waals surface area contributed by atoms with Crippen LogP contribution in [0, 0.1) is 0 Å². The number of aromatic nitrogens is 2. The van der Waals surface area contributed by atoms with E-state index in [1.807, 2.05) is 0 Å². The highest BCUT2D eigenvalue weighted by atomic mass is 32.2. The molecule has 150 valence electrons. The largest absolute Gasteiger partial charge is 0.475 e. The molecule has 4 rings (SSSR count). The fourth-order valence-electron chi connectivity index (χ4n) is 2.99. The summed E-state index contributed by atoms with van der Waals surface area (Å²) in [6.45, 7) is 0.421. The summed E-state index contributed by atoms with van der Waals surface area (Å²) < 4.78 is 49.4. The molecule has 0 aliphatic carbocycles. The minimum Gasteiger partial charge on any atom is -0.475 e. The van der Waals surface area contributed by atoms with Gasteiger partial charge in [-0.2, -0.15) is 0 Å². The number of aliphatic hydroxyl groups is 1. The minimum atomic E-state index is -3.72. The van der Waals surface area contributed by atoms with E-state index in [1.54, 1.807) is 18.2 Å². The zero-order valence-electron chi connectivity index (χ0n) is 14.8. The molecule has 0 amide bonds. The predicted octanol–water partition coefficient (Wildman–Crippen LogP) is 0.774. The van der Waals surface area contributed by atoms with Gasteiger partial charge in [0.15, 0.2) is 17.3 Å². The maximum absolute atomic E-state index is 12.7. The Morgan fingerprint density at radius 1 is 1.25 bits per heavy atom. The molecule has 1 saturated heterocycles. The molecule has 1 aromatic carbocycles. The normalized spacial score (nSPS) is 18.2. The van der Waals surface area contributed by atoms with Crippen LogP contribution in [0.3, 0.4) is 0 Å². The van der Waals surface area contributed by atoms with Crippen LogP contribution in [0.4, 0.5) is 5.82 Å². The highest BCUT2D eigenvalue weighted by Crippen LogP contribution is 2.41. The number of aliphatic hydroxyl groups excluding tert-OH is 1. The molecule has 0 spiro atoms. The van der Waals surface area contributed by atoms with E-state index >= 15 is 0 Å². The predicted molar refractivity (Wildman–Crippen MR) is 97.9 cm³/mol. The van der Waals surface area contributed by atoms with Gasteiger partial charge in [-0.05, 0) is 24.1 Å². The fourth-order valence-corrected chi connectivity index (χ4v) is 4.26. The molecule has 0 saturated carbocycles. The van der Waals surface area contributed by atoms with Crippen LogP contribution in [0.2, 0.25) is 0 Å². The van der Waals surface area contributed by atoms with E-state index in [2.05, 4.69) is 14.7 Å². The molecule has 2 N–H and O–H groups in total. The fraction of sp³-hybridized carbons (Fsp3) is 0.412. The van der Waals surface area contributed by atoms with Gasteiger partial charge in [-0.15, -0.1) is 0 Å². The lowest BCUT2D eigenvalue weighted by molar-refractivity contribution is 0.174. The van der Waals surface area contributed by atoms with Crippen molar-refractivity contribution in [2.24, 2.45) is 0 Å². The summed E-state index contributed by atoms with van der Waals surface area (Å²) >= 11 is 0.